The van der Waals surface area contributed by atoms with Gasteiger partial charge in [0.05, 0.1) is 0 Å². The number of nitrogens with zero attached hydrogens (tertiary/aromatic N) is 3. The van der Waals surface area contributed by atoms with Crippen molar-refractivity contribution >= 4 is 27.4 Å². The lowest BCUT2D eigenvalue weighted by molar-refractivity contribution is 0.629. The highest BCUT2D eigenvalue weighted by molar-refractivity contribution is 7.14. The fraction of sp³-hybridized carbons (Fsp3) is 0. The molecule has 0 spiro atoms. The summed E-state index contributed by atoms with van der Waals surface area (Å²) >= 11 is 1.37. The summed E-state index contributed by atoms with van der Waals surface area (Å²) in [6.07, 6.45) is 1.33. The summed E-state index contributed by atoms with van der Waals surface area (Å²) in [5.41, 5.74) is 1.52. The van der Waals surface area contributed by atoms with E-state index in [0.29, 0.717) is 16.6 Å². The number of hydrogen-bond donors (Lipinski definition) is 1. The van der Waals surface area contributed by atoms with Crippen molar-refractivity contribution < 1.29 is 4.42 Å². The summed E-state index contributed by atoms with van der Waals surface area (Å²) in [5, 5.41) is 23.6. The Bertz CT molecular complexity index is 859. The molecular formula is C15H8N4OS. The van der Waals surface area contributed by atoms with Crippen molar-refractivity contribution in [1.29, 1.82) is 10.5 Å². The van der Waals surface area contributed by atoms with Gasteiger partial charge in [0.25, 0.3) is 0 Å². The maximum atomic E-state index is 8.66. The molecular weight excluding hydrogens is 284 g/mol. The molecule has 1 aromatic carbocycles. The zero-order valence-corrected chi connectivity index (χ0v) is 11.5. The second-order valence-corrected chi connectivity index (χ2v) is 4.97. The highest BCUT2D eigenvalue weighted by atomic mass is 32.1. The maximum Gasteiger partial charge on any atom is 0.187 e. The van der Waals surface area contributed by atoms with Crippen LogP contribution in [0.1, 0.15) is 0 Å². The first-order valence-electron chi connectivity index (χ1n) is 6.01. The third-order valence-electron chi connectivity index (χ3n) is 2.76. The van der Waals surface area contributed by atoms with Crippen LogP contribution in [0.3, 0.4) is 0 Å². The van der Waals surface area contributed by atoms with Crippen molar-refractivity contribution in [3.8, 4) is 23.6 Å². The van der Waals surface area contributed by atoms with Crippen LogP contribution in [-0.4, -0.2) is 4.98 Å². The van der Waals surface area contributed by atoms with Crippen molar-refractivity contribution in [3.63, 3.8) is 0 Å². The first-order valence-corrected chi connectivity index (χ1v) is 6.89. The van der Waals surface area contributed by atoms with Gasteiger partial charge < -0.3 is 9.73 Å². The molecule has 5 nitrogen and oxygen atoms in total. The van der Waals surface area contributed by atoms with Crippen molar-refractivity contribution in [2.24, 2.45) is 0 Å². The van der Waals surface area contributed by atoms with Crippen LogP contribution in [0.2, 0.25) is 0 Å². The topological polar surface area (TPSA) is 85.6 Å². The molecule has 0 amide bonds. The van der Waals surface area contributed by atoms with E-state index in [2.05, 4.69) is 10.3 Å². The molecule has 0 saturated heterocycles. The molecule has 1 N–H and O–H groups in total. The number of furan rings is 1. The monoisotopic (exact) mass is 292 g/mol. The number of para-hydroxylation sites is 1. The second-order valence-electron chi connectivity index (χ2n) is 4.11. The third kappa shape index (κ3) is 2.62. The van der Waals surface area contributed by atoms with Crippen LogP contribution in [0.4, 0.5) is 5.13 Å². The summed E-state index contributed by atoms with van der Waals surface area (Å²) in [5.74, 6) is 0.685. The van der Waals surface area contributed by atoms with Gasteiger partial charge in [-0.1, -0.05) is 18.2 Å². The Kier molecular flexibility index (Phi) is 3.38. The molecule has 6 heteroatoms. The summed E-state index contributed by atoms with van der Waals surface area (Å²) in [6.45, 7) is 0. The largest absolute Gasteiger partial charge is 0.454 e. The van der Waals surface area contributed by atoms with Gasteiger partial charge in [0.15, 0.2) is 10.9 Å². The van der Waals surface area contributed by atoms with Crippen LogP contribution in [0.5, 0.6) is 0 Å². The average Bonchev–Trinajstić information content (AvgIpc) is 3.14. The normalized spacial score (nSPS) is 9.81. The Morgan fingerprint density at radius 2 is 2.10 bits per heavy atom. The number of fused-ring (bicyclic) bond motifs is 1. The Labute approximate surface area is 124 Å². The predicted octanol–water partition coefficient (Wildman–Crippen LogP) is 3.90. The number of benzene rings is 1. The van der Waals surface area contributed by atoms with Crippen molar-refractivity contribution in [3.05, 3.63) is 47.5 Å². The molecule has 3 aromatic rings. The van der Waals surface area contributed by atoms with E-state index in [9.17, 15) is 0 Å². The third-order valence-corrected chi connectivity index (χ3v) is 3.54. The number of thiazole rings is 1. The lowest BCUT2D eigenvalue weighted by Crippen LogP contribution is -1.88. The molecule has 0 atom stereocenters. The van der Waals surface area contributed by atoms with Gasteiger partial charge in [0, 0.05) is 17.0 Å². The first-order chi connectivity index (χ1) is 10.3. The Hall–Kier alpha value is -3.09. The molecule has 0 aliphatic carbocycles. The lowest BCUT2D eigenvalue weighted by Gasteiger charge is -1.92. The lowest BCUT2D eigenvalue weighted by atomic mass is 10.2. The van der Waals surface area contributed by atoms with Crippen molar-refractivity contribution in [2.75, 3.05) is 5.32 Å². The molecule has 0 fully saturated rings. The molecule has 2 aromatic heterocycles. The summed E-state index contributed by atoms with van der Waals surface area (Å²) in [7, 11) is 0. The summed E-state index contributed by atoms with van der Waals surface area (Å²) in [4.78, 5) is 4.37. The predicted molar refractivity (Wildman–Crippen MR) is 80.3 cm³/mol. The highest BCUT2D eigenvalue weighted by Gasteiger charge is 2.09. The van der Waals surface area contributed by atoms with Crippen LogP contribution in [0.25, 0.3) is 22.4 Å². The van der Waals surface area contributed by atoms with Gasteiger partial charge >= 0.3 is 0 Å². The van der Waals surface area contributed by atoms with E-state index in [1.165, 1.54) is 17.5 Å². The second kappa shape index (κ2) is 5.49. The van der Waals surface area contributed by atoms with Crippen LogP contribution >= 0.6 is 11.3 Å². The van der Waals surface area contributed by atoms with Gasteiger partial charge in [-0.25, -0.2) is 4.98 Å². The van der Waals surface area contributed by atoms with E-state index in [1.807, 2.05) is 35.7 Å². The summed E-state index contributed by atoms with van der Waals surface area (Å²) in [6, 6.07) is 13.2. The number of rotatable bonds is 3. The average molecular weight is 292 g/mol. The fourth-order valence-electron chi connectivity index (χ4n) is 1.78. The Balaban J connectivity index is 1.87. The van der Waals surface area contributed by atoms with Crippen molar-refractivity contribution in [1.82, 2.24) is 4.98 Å². The van der Waals surface area contributed by atoms with Crippen LogP contribution < -0.4 is 5.32 Å². The standard InChI is InChI=1S/C15H8N4OS/c16-6-10(7-17)8-18-15-19-12(9-21-15)14-5-11-3-1-2-4-13(11)20-14/h1-5,8-9H,(H,18,19). The minimum Gasteiger partial charge on any atom is -0.454 e. The quantitative estimate of drug-likeness (QED) is 0.740. The number of nitriles is 2. The highest BCUT2D eigenvalue weighted by Crippen LogP contribution is 2.30. The van der Waals surface area contributed by atoms with E-state index in [4.69, 9.17) is 14.9 Å². The zero-order valence-electron chi connectivity index (χ0n) is 10.7. The van der Waals surface area contributed by atoms with Crippen LogP contribution in [0.15, 0.2) is 51.9 Å². The van der Waals surface area contributed by atoms with Gasteiger partial charge in [-0.2, -0.15) is 10.5 Å². The first kappa shape index (κ1) is 12.9. The molecule has 2 heterocycles. The van der Waals surface area contributed by atoms with Crippen LogP contribution in [0, 0.1) is 22.7 Å². The van der Waals surface area contributed by atoms with Gasteiger partial charge in [0.1, 0.15) is 29.0 Å². The SMILES string of the molecule is N#CC(C#N)=CNc1nc(-c2cc3ccccc3o2)cs1. The minimum atomic E-state index is -0.00418. The molecule has 100 valence electrons. The Morgan fingerprint density at radius 3 is 2.86 bits per heavy atom. The van der Waals surface area contributed by atoms with Gasteiger partial charge in [-0.15, -0.1) is 11.3 Å². The van der Waals surface area contributed by atoms with Crippen molar-refractivity contribution in [2.45, 2.75) is 0 Å². The fourth-order valence-corrected chi connectivity index (χ4v) is 2.45. The Morgan fingerprint density at radius 1 is 1.29 bits per heavy atom. The number of hydrogen-bond acceptors (Lipinski definition) is 6. The number of aromatic nitrogens is 1. The molecule has 0 aliphatic rings. The summed E-state index contributed by atoms with van der Waals surface area (Å²) < 4.78 is 5.73. The molecule has 21 heavy (non-hydrogen) atoms. The molecule has 0 aliphatic heterocycles. The van der Waals surface area contributed by atoms with Gasteiger partial charge in [-0.3, -0.25) is 0 Å². The number of allylic oxidation sites excluding steroid dienone is 1. The van der Waals surface area contributed by atoms with Gasteiger partial charge in [0.2, 0.25) is 0 Å². The maximum absolute atomic E-state index is 8.66. The van der Waals surface area contributed by atoms with Gasteiger partial charge in [-0.05, 0) is 12.1 Å². The molecule has 0 bridgehead atoms. The molecule has 3 rings (SSSR count). The van der Waals surface area contributed by atoms with E-state index < -0.39 is 0 Å². The van der Waals surface area contributed by atoms with Crippen LogP contribution in [-0.2, 0) is 0 Å². The smallest absolute Gasteiger partial charge is 0.187 e. The van der Waals surface area contributed by atoms with E-state index in [1.54, 1.807) is 12.1 Å². The molecule has 0 radical (unpaired) electrons. The zero-order chi connectivity index (χ0) is 14.7. The van der Waals surface area contributed by atoms with E-state index in [-0.39, 0.29) is 5.57 Å². The van der Waals surface area contributed by atoms with E-state index >= 15 is 0 Å². The number of nitrogens with one attached hydrogen (secondary N) is 1. The number of anilines is 1. The van der Waals surface area contributed by atoms with E-state index in [0.717, 1.165) is 11.0 Å². The molecule has 0 saturated carbocycles. The molecule has 0 unspecified atom stereocenters. The minimum absolute atomic E-state index is 0.00418.